The molecule has 4 aliphatic carbocycles. The predicted octanol–water partition coefficient (Wildman–Crippen LogP) is 7.99. The first kappa shape index (κ1) is 24.5. The quantitative estimate of drug-likeness (QED) is 0.385. The molecule has 4 fully saturated rings. The number of hydrogen-bond donors (Lipinski definition) is 0. The van der Waals surface area contributed by atoms with Gasteiger partial charge in [-0.25, -0.2) is 4.39 Å². The Morgan fingerprint density at radius 2 is 1.72 bits per heavy atom. The molecule has 4 rings (SSSR count). The molecular formula is C29H49FO2. The molecule has 0 aromatic carbocycles. The lowest BCUT2D eigenvalue weighted by atomic mass is 9.44. The van der Waals surface area contributed by atoms with Crippen molar-refractivity contribution in [1.82, 2.24) is 0 Å². The Kier molecular flexibility index (Phi) is 7.06. The summed E-state index contributed by atoms with van der Waals surface area (Å²) in [4.78, 5) is 11.6. The van der Waals surface area contributed by atoms with E-state index in [9.17, 15) is 9.18 Å². The van der Waals surface area contributed by atoms with Crippen LogP contribution in [-0.2, 0) is 9.53 Å². The summed E-state index contributed by atoms with van der Waals surface area (Å²) in [5.74, 6) is 4.97. The van der Waals surface area contributed by atoms with Gasteiger partial charge in [0.05, 0.1) is 0 Å². The number of fused-ring (bicyclic) bond motifs is 5. The van der Waals surface area contributed by atoms with E-state index in [4.69, 9.17) is 4.74 Å². The summed E-state index contributed by atoms with van der Waals surface area (Å²) in [5, 5.41) is 0. The minimum Gasteiger partial charge on any atom is -0.459 e. The molecule has 0 amide bonds. The zero-order valence-corrected chi connectivity index (χ0v) is 21.7. The van der Waals surface area contributed by atoms with E-state index in [1.54, 1.807) is 0 Å². The number of ether oxygens (including phenoxy) is 1. The van der Waals surface area contributed by atoms with Crippen LogP contribution in [0.2, 0.25) is 0 Å². The standard InChI is InChI=1S/C29H49FO2/c1-18(2)8-7-9-19(3)23-12-13-24-22-11-10-21-16-26(30)27(32-20(4)31)17-29(21,6)25(22)14-15-28(23,24)5/h18-19,21-27H,7-17H2,1-6H3/t19-,21+,22+,23-,24+,25+,26+,27+,28-,29+/m1/s1. The van der Waals surface area contributed by atoms with Gasteiger partial charge in [-0.2, -0.15) is 0 Å². The second-order valence-electron chi connectivity index (χ2n) is 13.3. The molecule has 184 valence electrons. The highest BCUT2D eigenvalue weighted by atomic mass is 19.1. The van der Waals surface area contributed by atoms with Gasteiger partial charge in [-0.05, 0) is 104 Å². The van der Waals surface area contributed by atoms with Crippen LogP contribution in [0.15, 0.2) is 0 Å². The molecule has 0 bridgehead atoms. The fourth-order valence-corrected chi connectivity index (χ4v) is 9.58. The average Bonchev–Trinajstić information content (AvgIpc) is 3.05. The molecule has 0 N–H and O–H groups in total. The number of carbonyl (C=O) groups excluding carboxylic acids is 1. The smallest absolute Gasteiger partial charge is 0.303 e. The van der Waals surface area contributed by atoms with E-state index >= 15 is 0 Å². The minimum atomic E-state index is -0.982. The maximum absolute atomic E-state index is 14.9. The van der Waals surface area contributed by atoms with Gasteiger partial charge in [-0.15, -0.1) is 0 Å². The molecule has 0 radical (unpaired) electrons. The van der Waals surface area contributed by atoms with Gasteiger partial charge in [0.2, 0.25) is 0 Å². The van der Waals surface area contributed by atoms with Crippen LogP contribution < -0.4 is 0 Å². The first-order valence-electron chi connectivity index (χ1n) is 13.9. The Balaban J connectivity index is 1.48. The van der Waals surface area contributed by atoms with Gasteiger partial charge in [0.1, 0.15) is 12.3 Å². The number of halogens is 1. The summed E-state index contributed by atoms with van der Waals surface area (Å²) in [6.07, 6.45) is 11.9. The Hall–Kier alpha value is -0.600. The Morgan fingerprint density at radius 3 is 2.41 bits per heavy atom. The van der Waals surface area contributed by atoms with Gasteiger partial charge in [0.25, 0.3) is 0 Å². The summed E-state index contributed by atoms with van der Waals surface area (Å²) in [6.45, 7) is 13.7. The summed E-state index contributed by atoms with van der Waals surface area (Å²) < 4.78 is 20.4. The van der Waals surface area contributed by atoms with Gasteiger partial charge < -0.3 is 4.74 Å². The molecule has 0 aliphatic heterocycles. The van der Waals surface area contributed by atoms with Crippen LogP contribution in [-0.4, -0.2) is 18.2 Å². The van der Waals surface area contributed by atoms with Crippen LogP contribution in [0, 0.1) is 52.3 Å². The normalized spacial score (nSPS) is 46.8. The number of esters is 1. The summed E-state index contributed by atoms with van der Waals surface area (Å²) in [6, 6.07) is 0. The van der Waals surface area contributed by atoms with Crippen LogP contribution in [0.4, 0.5) is 4.39 Å². The van der Waals surface area contributed by atoms with Crippen molar-refractivity contribution >= 4 is 5.97 Å². The summed E-state index contributed by atoms with van der Waals surface area (Å²) >= 11 is 0. The van der Waals surface area contributed by atoms with Crippen LogP contribution in [0.5, 0.6) is 0 Å². The van der Waals surface area contributed by atoms with Crippen molar-refractivity contribution in [3.05, 3.63) is 0 Å². The van der Waals surface area contributed by atoms with E-state index in [2.05, 4.69) is 34.6 Å². The van der Waals surface area contributed by atoms with E-state index in [1.165, 1.54) is 64.7 Å². The van der Waals surface area contributed by atoms with E-state index in [-0.39, 0.29) is 11.4 Å². The van der Waals surface area contributed by atoms with E-state index < -0.39 is 12.3 Å². The fraction of sp³-hybridized carbons (Fsp3) is 0.966. The third-order valence-corrected chi connectivity index (χ3v) is 11.1. The van der Waals surface area contributed by atoms with Gasteiger partial charge in [-0.1, -0.05) is 53.9 Å². The maximum atomic E-state index is 14.9. The molecule has 4 saturated carbocycles. The first-order valence-corrected chi connectivity index (χ1v) is 13.9. The number of rotatable bonds is 6. The molecule has 0 spiro atoms. The van der Waals surface area contributed by atoms with Crippen molar-refractivity contribution in [2.75, 3.05) is 0 Å². The lowest BCUT2D eigenvalue weighted by Crippen LogP contribution is -2.56. The van der Waals surface area contributed by atoms with Crippen LogP contribution in [0.3, 0.4) is 0 Å². The van der Waals surface area contributed by atoms with Gasteiger partial charge in [0.15, 0.2) is 0 Å². The monoisotopic (exact) mass is 448 g/mol. The third kappa shape index (κ3) is 4.28. The Bertz CT molecular complexity index is 676. The lowest BCUT2D eigenvalue weighted by Gasteiger charge is -2.61. The van der Waals surface area contributed by atoms with Crippen molar-refractivity contribution < 1.29 is 13.9 Å². The number of hydrogen-bond acceptors (Lipinski definition) is 2. The van der Waals surface area contributed by atoms with Gasteiger partial charge in [-0.3, -0.25) is 4.79 Å². The van der Waals surface area contributed by atoms with E-state index in [0.717, 1.165) is 36.0 Å². The second kappa shape index (κ2) is 9.21. The van der Waals surface area contributed by atoms with Crippen molar-refractivity contribution in [1.29, 1.82) is 0 Å². The zero-order valence-electron chi connectivity index (χ0n) is 21.7. The summed E-state index contributed by atoms with van der Waals surface area (Å²) in [5.41, 5.74) is 0.627. The summed E-state index contributed by atoms with van der Waals surface area (Å²) in [7, 11) is 0. The SMILES string of the molecule is CC(=O)O[C@H]1C[C@@]2(C)[C@@H](CC[C@@H]3[C@@H]2CC[C@]2(C)[C@@H]([C@H](C)CCCC(C)C)CC[C@@H]32)C[C@@H]1F. The fourth-order valence-electron chi connectivity index (χ4n) is 9.58. The topological polar surface area (TPSA) is 26.3 Å². The highest BCUT2D eigenvalue weighted by molar-refractivity contribution is 5.66. The second-order valence-corrected chi connectivity index (χ2v) is 13.3. The number of alkyl halides is 1. The van der Waals surface area contributed by atoms with Gasteiger partial charge >= 0.3 is 5.97 Å². The molecule has 0 unspecified atom stereocenters. The molecule has 0 saturated heterocycles. The zero-order chi connectivity index (χ0) is 23.3. The average molecular weight is 449 g/mol. The molecule has 3 heteroatoms. The van der Waals surface area contributed by atoms with Crippen LogP contribution in [0.25, 0.3) is 0 Å². The van der Waals surface area contributed by atoms with Crippen LogP contribution >= 0.6 is 0 Å². The highest BCUT2D eigenvalue weighted by Gasteiger charge is 2.61. The minimum absolute atomic E-state index is 0.133. The Labute approximate surface area is 196 Å². The molecule has 32 heavy (non-hydrogen) atoms. The van der Waals surface area contributed by atoms with Crippen LogP contribution in [0.1, 0.15) is 112 Å². The molecule has 2 nitrogen and oxygen atoms in total. The molecule has 0 aromatic rings. The number of carbonyl (C=O) groups is 1. The first-order chi connectivity index (χ1) is 15.1. The molecule has 10 atom stereocenters. The predicted molar refractivity (Wildman–Crippen MR) is 129 cm³/mol. The molecule has 0 aromatic heterocycles. The Morgan fingerprint density at radius 1 is 1.00 bits per heavy atom. The van der Waals surface area contributed by atoms with Crippen molar-refractivity contribution in [2.45, 2.75) is 124 Å². The van der Waals surface area contributed by atoms with Crippen molar-refractivity contribution in [2.24, 2.45) is 52.3 Å². The lowest BCUT2D eigenvalue weighted by molar-refractivity contribution is -0.174. The van der Waals surface area contributed by atoms with E-state index in [1.807, 2.05) is 0 Å². The van der Waals surface area contributed by atoms with Gasteiger partial charge in [0, 0.05) is 6.92 Å². The van der Waals surface area contributed by atoms with E-state index in [0.29, 0.717) is 23.7 Å². The third-order valence-electron chi connectivity index (χ3n) is 11.1. The molecular weight excluding hydrogens is 399 g/mol. The molecule has 0 heterocycles. The van der Waals surface area contributed by atoms with Crippen molar-refractivity contribution in [3.8, 4) is 0 Å². The highest BCUT2D eigenvalue weighted by Crippen LogP contribution is 2.68. The maximum Gasteiger partial charge on any atom is 0.303 e. The molecule has 4 aliphatic rings. The van der Waals surface area contributed by atoms with Crippen molar-refractivity contribution in [3.63, 3.8) is 0 Å². The largest absolute Gasteiger partial charge is 0.459 e.